The van der Waals surface area contributed by atoms with Gasteiger partial charge in [0.2, 0.25) is 0 Å². The molecular formula is C72H74S8. The molecular weight excluding hydrogens is 1120 g/mol. The maximum Gasteiger partial charge on any atom is 0.0449 e. The van der Waals surface area contributed by atoms with E-state index in [0.29, 0.717) is 0 Å². The molecule has 0 radical (unpaired) electrons. The van der Waals surface area contributed by atoms with Crippen molar-refractivity contribution in [3.8, 4) is 80.8 Å². The Bertz CT molecular complexity index is 3430. The Kier molecular flexibility index (Phi) is 18.5. The Morgan fingerprint density at radius 1 is 0.212 bits per heavy atom. The Labute approximate surface area is 508 Å². The van der Waals surface area contributed by atoms with Gasteiger partial charge in [-0.3, -0.25) is 0 Å². The molecule has 0 aliphatic carbocycles. The summed E-state index contributed by atoms with van der Waals surface area (Å²) in [6.07, 6.45) is 25.5. The molecule has 0 atom stereocenters. The molecule has 8 aromatic heterocycles. The van der Waals surface area contributed by atoms with Gasteiger partial charge in [0.05, 0.1) is 0 Å². The van der Waals surface area contributed by atoms with E-state index in [4.69, 9.17) is 0 Å². The van der Waals surface area contributed by atoms with Gasteiger partial charge in [-0.05, 0) is 193 Å². The van der Waals surface area contributed by atoms with E-state index in [-0.39, 0.29) is 0 Å². The van der Waals surface area contributed by atoms with E-state index in [0.717, 1.165) is 0 Å². The summed E-state index contributed by atoms with van der Waals surface area (Å²) in [6.45, 7) is 9.21. The molecule has 0 aliphatic heterocycles. The standard InChI is InChI=1S/C72H74S8/c1-5-9-13-17-21-47-25-33-63(73-47)67-41-37-59(77-67)55-45-56(60-38-42-68(78-60)64-34-26-48(74-64)22-18-14-10-6-2)52-31-32-54-58(62-40-44-70(80-62)66-36-28-50(76-66)24-20-16-12-8-4)46-57(53-30-29-51(55)71(52)72(53)54)61-39-43-69(79-61)65-35-27-49(75-65)23-19-15-11-7-3/h25-46H,5-24H2,1-4H3. The smallest absolute Gasteiger partial charge is 0.0449 e. The highest BCUT2D eigenvalue weighted by molar-refractivity contribution is 7.26. The summed E-state index contributed by atoms with van der Waals surface area (Å²) in [5.74, 6) is 0. The fourth-order valence-corrected chi connectivity index (χ4v) is 20.5. The summed E-state index contributed by atoms with van der Waals surface area (Å²) in [6, 6.07) is 53.4. The second-order valence-corrected chi connectivity index (χ2v) is 31.0. The molecule has 0 aliphatic rings. The Morgan fingerprint density at radius 3 is 0.662 bits per heavy atom. The summed E-state index contributed by atoms with van der Waals surface area (Å²) in [5, 5.41) is 8.16. The van der Waals surface area contributed by atoms with Gasteiger partial charge in [-0.2, -0.15) is 0 Å². The predicted octanol–water partition coefficient (Wildman–Crippen LogP) is 26.9. The molecule has 0 saturated carbocycles. The van der Waals surface area contributed by atoms with Crippen LogP contribution in [-0.4, -0.2) is 0 Å². The first-order valence-electron chi connectivity index (χ1n) is 30.0. The Morgan fingerprint density at radius 2 is 0.425 bits per heavy atom. The number of benzene rings is 4. The van der Waals surface area contributed by atoms with Gasteiger partial charge in [-0.15, -0.1) is 90.7 Å². The monoisotopic (exact) mass is 1190 g/mol. The lowest BCUT2D eigenvalue weighted by Crippen LogP contribution is -1.92. The molecule has 8 heterocycles. The third-order valence-corrected chi connectivity index (χ3v) is 25.9. The minimum Gasteiger partial charge on any atom is -0.139 e. The molecule has 0 spiro atoms. The molecule has 12 aromatic rings. The first kappa shape index (κ1) is 56.0. The van der Waals surface area contributed by atoms with Gasteiger partial charge in [-0.1, -0.05) is 129 Å². The van der Waals surface area contributed by atoms with Crippen LogP contribution in [0.4, 0.5) is 0 Å². The summed E-state index contributed by atoms with van der Waals surface area (Å²) < 4.78 is 0. The minimum atomic E-state index is 1.18. The number of hydrogen-bond donors (Lipinski definition) is 0. The Hall–Kier alpha value is -4.48. The van der Waals surface area contributed by atoms with Crippen molar-refractivity contribution in [2.24, 2.45) is 0 Å². The molecule has 0 saturated heterocycles. The highest BCUT2D eigenvalue weighted by Gasteiger charge is 2.24. The molecule has 80 heavy (non-hydrogen) atoms. The van der Waals surface area contributed by atoms with Crippen molar-refractivity contribution in [2.75, 3.05) is 0 Å². The number of hydrogen-bond acceptors (Lipinski definition) is 8. The molecule has 0 N–H and O–H groups in total. The van der Waals surface area contributed by atoms with Crippen molar-refractivity contribution >= 4 is 123 Å². The second kappa shape index (κ2) is 26.4. The zero-order valence-electron chi connectivity index (χ0n) is 47.1. The SMILES string of the molecule is CCCCCCc1ccc(-c2ccc(-c3cc(-c4ccc(-c5ccc(CCCCCC)s5)s4)c4ccc5c(-c6ccc(-c7ccc(CCCCCC)s7)s6)cc(-c6ccc(-c7ccc(CCCCCC)s7)s6)c6ccc3c4c65)s2)s1. The molecule has 0 bridgehead atoms. The second-order valence-electron chi connectivity index (χ2n) is 22.0. The van der Waals surface area contributed by atoms with Gasteiger partial charge in [0.1, 0.15) is 0 Å². The highest BCUT2D eigenvalue weighted by Crippen LogP contribution is 2.53. The maximum atomic E-state index is 2.56. The normalized spacial score (nSPS) is 12.0. The molecule has 0 amide bonds. The van der Waals surface area contributed by atoms with Crippen molar-refractivity contribution in [1.29, 1.82) is 0 Å². The Balaban J connectivity index is 1.01. The quantitative estimate of drug-likeness (QED) is 0.0339. The van der Waals surface area contributed by atoms with Crippen LogP contribution in [0.1, 0.15) is 150 Å². The number of thiophene rings is 8. The molecule has 4 aromatic carbocycles. The van der Waals surface area contributed by atoms with Crippen LogP contribution in [0.25, 0.3) is 113 Å². The lowest BCUT2D eigenvalue weighted by Gasteiger charge is -2.20. The molecule has 0 nitrogen and oxygen atoms in total. The van der Waals surface area contributed by atoms with Crippen LogP contribution < -0.4 is 0 Å². The fraction of sp³-hybridized carbons (Fsp3) is 0.333. The van der Waals surface area contributed by atoms with Crippen LogP contribution in [0.15, 0.2) is 133 Å². The van der Waals surface area contributed by atoms with Gasteiger partial charge in [-0.25, -0.2) is 0 Å². The lowest BCUT2D eigenvalue weighted by molar-refractivity contribution is 0.670. The van der Waals surface area contributed by atoms with Crippen LogP contribution in [0.3, 0.4) is 0 Å². The molecule has 8 heteroatoms. The third-order valence-electron chi connectivity index (χ3n) is 16.1. The van der Waals surface area contributed by atoms with Crippen molar-refractivity contribution in [2.45, 2.75) is 156 Å². The minimum absolute atomic E-state index is 1.18. The van der Waals surface area contributed by atoms with Crippen LogP contribution in [0.2, 0.25) is 0 Å². The summed E-state index contributed by atoms with van der Waals surface area (Å²) >= 11 is 15.9. The number of aryl methyl sites for hydroxylation is 4. The molecule has 0 unspecified atom stereocenters. The van der Waals surface area contributed by atoms with Gasteiger partial charge < -0.3 is 0 Å². The van der Waals surface area contributed by atoms with Crippen molar-refractivity contribution in [3.63, 3.8) is 0 Å². The van der Waals surface area contributed by atoms with Crippen LogP contribution in [0, 0.1) is 0 Å². The molecule has 410 valence electrons. The van der Waals surface area contributed by atoms with Crippen LogP contribution in [0.5, 0.6) is 0 Å². The van der Waals surface area contributed by atoms with Gasteiger partial charge in [0.25, 0.3) is 0 Å². The zero-order valence-corrected chi connectivity index (χ0v) is 53.6. The third kappa shape index (κ3) is 12.3. The summed E-state index contributed by atoms with van der Waals surface area (Å²) in [4.78, 5) is 22.5. The van der Waals surface area contributed by atoms with Gasteiger partial charge in [0.15, 0.2) is 0 Å². The zero-order chi connectivity index (χ0) is 54.4. The van der Waals surface area contributed by atoms with Crippen molar-refractivity contribution in [1.82, 2.24) is 0 Å². The van der Waals surface area contributed by atoms with Crippen LogP contribution in [-0.2, 0) is 25.7 Å². The van der Waals surface area contributed by atoms with E-state index in [2.05, 4.69) is 161 Å². The van der Waals surface area contributed by atoms with E-state index in [1.807, 2.05) is 90.7 Å². The van der Waals surface area contributed by atoms with E-state index in [1.54, 1.807) is 0 Å². The average Bonchev–Trinajstić information content (AvgIpc) is 3.99. The van der Waals surface area contributed by atoms with Gasteiger partial charge in [0, 0.05) is 100 Å². The van der Waals surface area contributed by atoms with Crippen molar-refractivity contribution < 1.29 is 0 Å². The number of unbranched alkanes of at least 4 members (excludes halogenated alkanes) is 12. The first-order chi connectivity index (χ1) is 39.5. The fourth-order valence-electron chi connectivity index (χ4n) is 11.8. The predicted molar refractivity (Wildman–Crippen MR) is 368 cm³/mol. The average molecular weight is 1200 g/mol. The van der Waals surface area contributed by atoms with E-state index < -0.39 is 0 Å². The van der Waals surface area contributed by atoms with Crippen LogP contribution >= 0.6 is 90.7 Å². The summed E-state index contributed by atoms with van der Waals surface area (Å²) in [7, 11) is 0. The largest absolute Gasteiger partial charge is 0.139 e. The maximum absolute atomic E-state index is 2.56. The topological polar surface area (TPSA) is 0 Å². The highest BCUT2D eigenvalue weighted by atomic mass is 32.1. The molecule has 0 fully saturated rings. The van der Waals surface area contributed by atoms with E-state index >= 15 is 0 Å². The van der Waals surface area contributed by atoms with Crippen molar-refractivity contribution in [3.05, 3.63) is 153 Å². The number of rotatable bonds is 28. The lowest BCUT2D eigenvalue weighted by atomic mass is 9.85. The van der Waals surface area contributed by atoms with E-state index in [9.17, 15) is 0 Å². The van der Waals surface area contributed by atoms with Gasteiger partial charge >= 0.3 is 0 Å². The first-order valence-corrected chi connectivity index (χ1v) is 36.6. The molecule has 12 rings (SSSR count). The van der Waals surface area contributed by atoms with E-state index in [1.165, 1.54) is 261 Å². The summed E-state index contributed by atoms with van der Waals surface area (Å²) in [5.41, 5.74) is 5.35.